The van der Waals surface area contributed by atoms with Crippen LogP contribution in [0.25, 0.3) is 111 Å². The molecule has 0 spiro atoms. The standard InChI is InChI=1S/C56H36N4/c1-3-11-37(12-4-1)45-27-28-52-51(36-45)55(42-15-5-2-6-16-42)60-56(59-52)48-34-46(38-19-23-43(24-20-38)53-49-17-9-7-13-40(49)29-31-57-53)33-47(35-48)39-21-25-44(26-22-39)54-50-18-10-8-14-41(50)30-32-58-54/h1-36H. The van der Waals surface area contributed by atoms with E-state index in [-0.39, 0.29) is 0 Å². The predicted octanol–water partition coefficient (Wildman–Crippen LogP) is 14.4. The molecule has 0 atom stereocenters. The molecule has 0 bridgehead atoms. The maximum absolute atomic E-state index is 5.38. The number of fused-ring (bicyclic) bond motifs is 3. The minimum atomic E-state index is 0.671. The van der Waals surface area contributed by atoms with Crippen molar-refractivity contribution in [1.29, 1.82) is 0 Å². The molecule has 0 aliphatic rings. The Kier molecular flexibility index (Phi) is 8.79. The number of hydrogen-bond acceptors (Lipinski definition) is 4. The lowest BCUT2D eigenvalue weighted by atomic mass is 9.93. The van der Waals surface area contributed by atoms with Gasteiger partial charge in [-0.2, -0.15) is 0 Å². The smallest absolute Gasteiger partial charge is 0.160 e. The zero-order chi connectivity index (χ0) is 39.8. The van der Waals surface area contributed by atoms with Gasteiger partial charge in [0.25, 0.3) is 0 Å². The molecule has 0 aliphatic heterocycles. The van der Waals surface area contributed by atoms with Gasteiger partial charge in [-0.3, -0.25) is 9.97 Å². The molecule has 0 fully saturated rings. The lowest BCUT2D eigenvalue weighted by Gasteiger charge is -2.14. The van der Waals surface area contributed by atoms with E-state index in [1.54, 1.807) is 0 Å². The van der Waals surface area contributed by atoms with Gasteiger partial charge in [0.1, 0.15) is 0 Å². The number of rotatable bonds is 7. The summed E-state index contributed by atoms with van der Waals surface area (Å²) in [4.78, 5) is 20.2. The van der Waals surface area contributed by atoms with Crippen LogP contribution >= 0.6 is 0 Å². The van der Waals surface area contributed by atoms with E-state index in [1.165, 1.54) is 10.8 Å². The maximum atomic E-state index is 5.38. The van der Waals surface area contributed by atoms with Crippen molar-refractivity contribution in [2.24, 2.45) is 0 Å². The molecule has 11 rings (SSSR count). The summed E-state index contributed by atoms with van der Waals surface area (Å²) in [5.41, 5.74) is 14.5. The molecule has 0 saturated carbocycles. The van der Waals surface area contributed by atoms with Gasteiger partial charge in [-0.25, -0.2) is 9.97 Å². The van der Waals surface area contributed by atoms with Crippen LogP contribution in [0.5, 0.6) is 0 Å². The first-order valence-corrected chi connectivity index (χ1v) is 20.2. The number of hydrogen-bond donors (Lipinski definition) is 0. The molecule has 0 aliphatic carbocycles. The van der Waals surface area contributed by atoms with Crippen molar-refractivity contribution in [3.05, 3.63) is 219 Å². The highest BCUT2D eigenvalue weighted by molar-refractivity contribution is 5.98. The van der Waals surface area contributed by atoms with Crippen LogP contribution in [0.15, 0.2) is 219 Å². The number of nitrogens with zero attached hydrogens (tertiary/aromatic N) is 4. The van der Waals surface area contributed by atoms with E-state index in [0.717, 1.165) is 94.4 Å². The van der Waals surface area contributed by atoms with Crippen molar-refractivity contribution in [2.75, 3.05) is 0 Å². The van der Waals surface area contributed by atoms with Gasteiger partial charge in [0.05, 0.1) is 22.6 Å². The van der Waals surface area contributed by atoms with Gasteiger partial charge in [0.15, 0.2) is 5.82 Å². The molecule has 4 nitrogen and oxygen atoms in total. The molecular formula is C56H36N4. The van der Waals surface area contributed by atoms with Crippen LogP contribution in [0.2, 0.25) is 0 Å². The second kappa shape index (κ2) is 15.0. The Hall–Kier alpha value is -8.08. The first-order valence-electron chi connectivity index (χ1n) is 20.2. The Morgan fingerprint density at radius 2 is 0.683 bits per heavy atom. The Bertz CT molecular complexity index is 3190. The van der Waals surface area contributed by atoms with Gasteiger partial charge in [-0.1, -0.05) is 164 Å². The molecule has 0 N–H and O–H groups in total. The van der Waals surface area contributed by atoms with Crippen LogP contribution in [0.3, 0.4) is 0 Å². The molecule has 0 radical (unpaired) electrons. The average Bonchev–Trinajstić information content (AvgIpc) is 3.33. The third kappa shape index (κ3) is 6.56. The summed E-state index contributed by atoms with van der Waals surface area (Å²) in [5, 5.41) is 5.63. The largest absolute Gasteiger partial charge is 0.256 e. The van der Waals surface area contributed by atoms with Crippen molar-refractivity contribution in [2.45, 2.75) is 0 Å². The van der Waals surface area contributed by atoms with Crippen molar-refractivity contribution in [3.63, 3.8) is 0 Å². The topological polar surface area (TPSA) is 51.6 Å². The molecule has 3 heterocycles. The summed E-state index contributed by atoms with van der Waals surface area (Å²) >= 11 is 0. The molecule has 0 unspecified atom stereocenters. The van der Waals surface area contributed by atoms with Crippen molar-refractivity contribution >= 4 is 32.4 Å². The van der Waals surface area contributed by atoms with Crippen molar-refractivity contribution in [3.8, 4) is 78.5 Å². The first-order chi connectivity index (χ1) is 29.7. The van der Waals surface area contributed by atoms with Crippen LogP contribution in [0.1, 0.15) is 0 Å². The van der Waals surface area contributed by atoms with E-state index in [1.807, 2.05) is 24.5 Å². The van der Waals surface area contributed by atoms with Crippen molar-refractivity contribution < 1.29 is 0 Å². The van der Waals surface area contributed by atoms with Crippen LogP contribution in [-0.2, 0) is 0 Å². The quantitative estimate of drug-likeness (QED) is 0.162. The normalized spacial score (nSPS) is 11.3. The molecule has 0 saturated heterocycles. The van der Waals surface area contributed by atoms with E-state index in [4.69, 9.17) is 19.9 Å². The van der Waals surface area contributed by atoms with Gasteiger partial charge in [-0.15, -0.1) is 0 Å². The molecule has 60 heavy (non-hydrogen) atoms. The van der Waals surface area contributed by atoms with E-state index in [0.29, 0.717) is 5.82 Å². The first kappa shape index (κ1) is 35.1. The number of benzene rings is 8. The molecule has 8 aromatic carbocycles. The summed E-state index contributed by atoms with van der Waals surface area (Å²) in [5.74, 6) is 0.671. The molecule has 11 aromatic rings. The van der Waals surface area contributed by atoms with Gasteiger partial charge < -0.3 is 0 Å². The van der Waals surface area contributed by atoms with Crippen LogP contribution in [-0.4, -0.2) is 19.9 Å². The average molecular weight is 765 g/mol. The van der Waals surface area contributed by atoms with Crippen LogP contribution < -0.4 is 0 Å². The molecule has 280 valence electrons. The highest BCUT2D eigenvalue weighted by atomic mass is 14.9. The van der Waals surface area contributed by atoms with Crippen LogP contribution in [0.4, 0.5) is 0 Å². The minimum absolute atomic E-state index is 0.671. The molecule has 4 heteroatoms. The fraction of sp³-hybridized carbons (Fsp3) is 0. The zero-order valence-electron chi connectivity index (χ0n) is 32.6. The van der Waals surface area contributed by atoms with Crippen molar-refractivity contribution in [1.82, 2.24) is 19.9 Å². The van der Waals surface area contributed by atoms with Gasteiger partial charge in [-0.05, 0) is 86.6 Å². The third-order valence-corrected chi connectivity index (χ3v) is 11.4. The highest BCUT2D eigenvalue weighted by Gasteiger charge is 2.16. The van der Waals surface area contributed by atoms with Gasteiger partial charge in [0.2, 0.25) is 0 Å². The second-order valence-electron chi connectivity index (χ2n) is 15.1. The SMILES string of the molecule is c1ccc(-c2ccc3nc(-c4cc(-c5ccc(-c6nccc7ccccc67)cc5)cc(-c5ccc(-c6nccc7ccccc67)cc5)c4)nc(-c4ccccc4)c3c2)cc1. The fourth-order valence-corrected chi connectivity index (χ4v) is 8.31. The molecule has 0 amide bonds. The summed E-state index contributed by atoms with van der Waals surface area (Å²) in [6, 6.07) is 72.5. The highest BCUT2D eigenvalue weighted by Crippen LogP contribution is 2.38. The van der Waals surface area contributed by atoms with E-state index < -0.39 is 0 Å². The summed E-state index contributed by atoms with van der Waals surface area (Å²) in [6.07, 6.45) is 3.78. The summed E-state index contributed by atoms with van der Waals surface area (Å²) < 4.78 is 0. The number of pyridine rings is 2. The lowest BCUT2D eigenvalue weighted by Crippen LogP contribution is -1.97. The zero-order valence-corrected chi connectivity index (χ0v) is 32.6. The Labute approximate surface area is 348 Å². The maximum Gasteiger partial charge on any atom is 0.160 e. The Balaban J connectivity index is 1.06. The van der Waals surface area contributed by atoms with Gasteiger partial charge >= 0.3 is 0 Å². The second-order valence-corrected chi connectivity index (χ2v) is 15.1. The third-order valence-electron chi connectivity index (χ3n) is 11.4. The fourth-order valence-electron chi connectivity index (χ4n) is 8.31. The molecule has 3 aromatic heterocycles. The minimum Gasteiger partial charge on any atom is -0.256 e. The van der Waals surface area contributed by atoms with Gasteiger partial charge in [0, 0.05) is 50.8 Å². The Morgan fingerprint density at radius 3 is 1.25 bits per heavy atom. The summed E-state index contributed by atoms with van der Waals surface area (Å²) in [6.45, 7) is 0. The van der Waals surface area contributed by atoms with E-state index in [2.05, 4.69) is 194 Å². The lowest BCUT2D eigenvalue weighted by molar-refractivity contribution is 1.23. The van der Waals surface area contributed by atoms with E-state index >= 15 is 0 Å². The van der Waals surface area contributed by atoms with E-state index in [9.17, 15) is 0 Å². The number of aromatic nitrogens is 4. The Morgan fingerprint density at radius 1 is 0.250 bits per heavy atom. The summed E-state index contributed by atoms with van der Waals surface area (Å²) in [7, 11) is 0. The monoisotopic (exact) mass is 764 g/mol. The predicted molar refractivity (Wildman–Crippen MR) is 248 cm³/mol. The van der Waals surface area contributed by atoms with Crippen LogP contribution in [0, 0.1) is 0 Å². The molecular weight excluding hydrogens is 729 g/mol.